The molecule has 0 N–H and O–H groups in total. The summed E-state index contributed by atoms with van der Waals surface area (Å²) in [6.07, 6.45) is 0.750. The summed E-state index contributed by atoms with van der Waals surface area (Å²) in [6, 6.07) is 0. The fourth-order valence-electron chi connectivity index (χ4n) is 0.156. The summed E-state index contributed by atoms with van der Waals surface area (Å²) in [5.41, 5.74) is 0. The van der Waals surface area contributed by atoms with E-state index in [1.54, 1.807) is 0 Å². The maximum atomic E-state index is 10.4. The van der Waals surface area contributed by atoms with Gasteiger partial charge in [0.2, 0.25) is 9.57 Å². The van der Waals surface area contributed by atoms with Gasteiger partial charge in [0.05, 0.1) is 5.38 Å². The highest BCUT2D eigenvalue weighted by atomic mass is 127. The molecule has 108 valence electrons. The van der Waals surface area contributed by atoms with Crippen LogP contribution in [0.4, 0.5) is 0 Å². The van der Waals surface area contributed by atoms with Crippen molar-refractivity contribution in [2.75, 3.05) is 0 Å². The van der Waals surface area contributed by atoms with Gasteiger partial charge in [-0.3, -0.25) is 14.4 Å². The predicted octanol–water partition coefficient (Wildman–Crippen LogP) is 3.74. The fourth-order valence-corrected chi connectivity index (χ4v) is 0.907. The van der Waals surface area contributed by atoms with E-state index in [0.717, 1.165) is 6.29 Å². The molecule has 1 atom stereocenters. The molecule has 0 rings (SSSR count). The first-order chi connectivity index (χ1) is 7.61. The molecule has 0 radical (unpaired) electrons. The highest BCUT2D eigenvalue weighted by molar-refractivity contribution is 14.1. The van der Waals surface area contributed by atoms with Crippen LogP contribution in [0.1, 0.15) is 21.3 Å². The molecule has 0 aliphatic heterocycles. The number of carbonyl (C=O) groups is 4. The second kappa shape index (κ2) is 18.0. The molecular weight excluding hydrogens is 532 g/mol. The lowest BCUT2D eigenvalue weighted by Crippen LogP contribution is -2.15. The summed E-state index contributed by atoms with van der Waals surface area (Å²) < 4.78 is -0.749. The van der Waals surface area contributed by atoms with Crippen LogP contribution in [0.25, 0.3) is 0 Å². The van der Waals surface area contributed by atoms with Crippen LogP contribution < -0.4 is 0 Å². The lowest BCUT2D eigenvalue weighted by molar-refractivity contribution is -0.130. The van der Waals surface area contributed by atoms with Gasteiger partial charge >= 0.3 is 0 Å². The van der Waals surface area contributed by atoms with Crippen molar-refractivity contribution in [1.29, 1.82) is 0 Å². The minimum atomic E-state index is -0.856. The van der Waals surface area contributed by atoms with E-state index in [0.29, 0.717) is 0 Å². The second-order valence-electron chi connectivity index (χ2n) is 2.09. The molecule has 18 heavy (non-hydrogen) atoms. The average Bonchev–Trinajstić information content (AvgIpc) is 2.18. The monoisotopic (exact) mass is 544 g/mol. The van der Waals surface area contributed by atoms with Gasteiger partial charge in [0, 0.05) is 45.2 Å². The first-order valence-corrected chi connectivity index (χ1v) is 7.33. The maximum absolute atomic E-state index is 10.4. The standard InChI is InChI=1S/C4H4ClIO2.C2HCl2IO.C2H4O.CH4/c1-2(5)3(7)4(6)8;3-1(4)2(5)6;1-2-3;/h2H,1H3;1H;2H,1H3;1H4. The van der Waals surface area contributed by atoms with Gasteiger partial charge in [-0.05, 0) is 13.8 Å². The third kappa shape index (κ3) is 25.8. The third-order valence-corrected chi connectivity index (χ3v) is 3.21. The van der Waals surface area contributed by atoms with E-state index in [1.165, 1.54) is 59.0 Å². The molecule has 0 aliphatic rings. The maximum Gasteiger partial charge on any atom is 0.259 e. The Morgan fingerprint density at radius 1 is 1.11 bits per heavy atom. The number of hydrogen-bond donors (Lipinski definition) is 0. The van der Waals surface area contributed by atoms with E-state index in [4.69, 9.17) is 39.6 Å². The molecule has 4 nitrogen and oxygen atoms in total. The number of alkyl halides is 3. The molecule has 0 saturated heterocycles. The van der Waals surface area contributed by atoms with E-state index < -0.39 is 19.8 Å². The molecular formula is C9H13Cl3I2O4. The summed E-state index contributed by atoms with van der Waals surface area (Å²) >= 11 is 18.2. The topological polar surface area (TPSA) is 68.3 Å². The lowest BCUT2D eigenvalue weighted by Gasteiger charge is -1.91. The molecule has 0 amide bonds. The minimum absolute atomic E-state index is 0. The van der Waals surface area contributed by atoms with Crippen LogP contribution in [0.5, 0.6) is 0 Å². The number of halogens is 5. The van der Waals surface area contributed by atoms with Gasteiger partial charge in [0.1, 0.15) is 6.29 Å². The molecule has 0 heterocycles. The summed E-state index contributed by atoms with van der Waals surface area (Å²) in [5.74, 6) is -0.535. The molecule has 0 spiro atoms. The smallest absolute Gasteiger partial charge is 0.259 e. The van der Waals surface area contributed by atoms with Gasteiger partial charge in [0.25, 0.3) is 3.79 Å². The summed E-state index contributed by atoms with van der Waals surface area (Å²) in [7, 11) is 0. The van der Waals surface area contributed by atoms with Crippen LogP contribution in [-0.2, 0) is 19.2 Å². The Hall–Kier alpha value is 1.01. The first-order valence-electron chi connectivity index (χ1n) is 3.86. The van der Waals surface area contributed by atoms with Gasteiger partial charge in [-0.2, -0.15) is 0 Å². The molecule has 0 fully saturated rings. The van der Waals surface area contributed by atoms with Crippen molar-refractivity contribution in [3.8, 4) is 0 Å². The number of Topliss-reactive ketones (excluding diaryl/α,β-unsaturated/α-hetero) is 1. The van der Waals surface area contributed by atoms with Crippen LogP contribution >= 0.6 is 80.0 Å². The van der Waals surface area contributed by atoms with Crippen molar-refractivity contribution in [2.45, 2.75) is 31.5 Å². The van der Waals surface area contributed by atoms with E-state index in [2.05, 4.69) is 0 Å². The predicted molar refractivity (Wildman–Crippen MR) is 92.3 cm³/mol. The van der Waals surface area contributed by atoms with Crippen LogP contribution in [0.2, 0.25) is 0 Å². The molecule has 0 bridgehead atoms. The third-order valence-electron chi connectivity index (χ3n) is 0.727. The van der Waals surface area contributed by atoms with E-state index >= 15 is 0 Å². The summed E-state index contributed by atoms with van der Waals surface area (Å²) in [5, 5.41) is -0.681. The van der Waals surface area contributed by atoms with Crippen LogP contribution in [0.15, 0.2) is 0 Å². The number of hydrogen-bond acceptors (Lipinski definition) is 4. The molecule has 0 aromatic rings. The number of ketones is 1. The van der Waals surface area contributed by atoms with E-state index in [9.17, 15) is 14.4 Å². The first kappa shape index (κ1) is 27.4. The zero-order valence-electron chi connectivity index (χ0n) is 8.75. The molecule has 0 saturated carbocycles. The highest BCUT2D eigenvalue weighted by Gasteiger charge is 2.14. The van der Waals surface area contributed by atoms with E-state index in [-0.39, 0.29) is 11.2 Å². The zero-order valence-corrected chi connectivity index (χ0v) is 15.3. The molecule has 9 heteroatoms. The van der Waals surface area contributed by atoms with Gasteiger partial charge in [-0.1, -0.05) is 30.6 Å². The molecule has 0 aromatic heterocycles. The quantitative estimate of drug-likeness (QED) is 0.178. The SMILES string of the molecule is C.CC(Cl)C(=O)C(=O)I.CC=O.O=C(I)C(Cl)Cl. The highest BCUT2D eigenvalue weighted by Crippen LogP contribution is 2.06. The van der Waals surface area contributed by atoms with Crippen molar-refractivity contribution < 1.29 is 19.2 Å². The molecule has 0 aliphatic carbocycles. The van der Waals surface area contributed by atoms with Crippen molar-refractivity contribution in [3.05, 3.63) is 0 Å². The Labute approximate surface area is 149 Å². The Morgan fingerprint density at radius 2 is 1.33 bits per heavy atom. The number of carbonyl (C=O) groups excluding carboxylic acids is 4. The largest absolute Gasteiger partial charge is 0.304 e. The number of rotatable bonds is 3. The fraction of sp³-hybridized carbons (Fsp3) is 0.556. The normalized spacial score (nSPS) is 9.56. The minimum Gasteiger partial charge on any atom is -0.304 e. The Balaban J connectivity index is -0.0000000875. The molecule has 1 unspecified atom stereocenters. The van der Waals surface area contributed by atoms with E-state index in [1.807, 2.05) is 0 Å². The van der Waals surface area contributed by atoms with Gasteiger partial charge in [-0.15, -0.1) is 11.6 Å². The Bertz CT molecular complexity index is 271. The van der Waals surface area contributed by atoms with Crippen molar-refractivity contribution >= 4 is 99.6 Å². The van der Waals surface area contributed by atoms with Crippen LogP contribution in [0, 0.1) is 0 Å². The summed E-state index contributed by atoms with van der Waals surface area (Å²) in [6.45, 7) is 2.92. The number of aldehydes is 1. The lowest BCUT2D eigenvalue weighted by atomic mass is 10.3. The molecule has 0 aromatic carbocycles. The zero-order chi connectivity index (χ0) is 14.6. The average molecular weight is 545 g/mol. The van der Waals surface area contributed by atoms with Crippen LogP contribution in [-0.4, -0.2) is 29.9 Å². The Morgan fingerprint density at radius 3 is 1.33 bits per heavy atom. The van der Waals surface area contributed by atoms with Crippen LogP contribution in [0.3, 0.4) is 0 Å². The van der Waals surface area contributed by atoms with Crippen molar-refractivity contribution in [2.24, 2.45) is 0 Å². The van der Waals surface area contributed by atoms with Gasteiger partial charge in [-0.25, -0.2) is 0 Å². The van der Waals surface area contributed by atoms with Crippen molar-refractivity contribution in [3.63, 3.8) is 0 Å². The Kier molecular flexibility index (Phi) is 27.4. The van der Waals surface area contributed by atoms with Crippen molar-refractivity contribution in [1.82, 2.24) is 0 Å². The van der Waals surface area contributed by atoms with Gasteiger partial charge < -0.3 is 4.79 Å². The summed E-state index contributed by atoms with van der Waals surface area (Å²) in [4.78, 5) is 38.3. The van der Waals surface area contributed by atoms with Gasteiger partial charge in [0.15, 0.2) is 4.84 Å². The second-order valence-corrected chi connectivity index (χ2v) is 5.89.